The van der Waals surface area contributed by atoms with E-state index in [1.165, 1.54) is 22.6 Å². The summed E-state index contributed by atoms with van der Waals surface area (Å²) in [4.78, 5) is 0.736. The van der Waals surface area contributed by atoms with Gasteiger partial charge in [0.05, 0.1) is 14.2 Å². The third kappa shape index (κ3) is 2.20. The quantitative estimate of drug-likeness (QED) is 0.596. The minimum absolute atomic E-state index is 0.668. The molecule has 8 nitrogen and oxygen atoms in total. The van der Waals surface area contributed by atoms with Crippen molar-refractivity contribution in [1.29, 1.82) is 0 Å². The molecule has 132 valence electrons. The van der Waals surface area contributed by atoms with E-state index >= 15 is 0 Å². The van der Waals surface area contributed by atoms with Gasteiger partial charge in [-0.3, -0.25) is 5.10 Å². The average molecular weight is 368 g/mol. The molecule has 0 aliphatic heterocycles. The predicted octanol–water partition coefficient (Wildman–Crippen LogP) is 2.75. The number of benzene rings is 1. The number of H-pyrrole nitrogens is 1. The van der Waals surface area contributed by atoms with Gasteiger partial charge in [-0.15, -0.1) is 10.2 Å². The van der Waals surface area contributed by atoms with E-state index in [0.717, 1.165) is 40.5 Å². The summed E-state index contributed by atoms with van der Waals surface area (Å²) in [6.45, 7) is 0. The number of nitrogens with zero attached hydrogens (tertiary/aromatic N) is 5. The summed E-state index contributed by atoms with van der Waals surface area (Å²) >= 11 is 1.48. The van der Waals surface area contributed by atoms with Gasteiger partial charge in [0.15, 0.2) is 11.5 Å². The first-order valence-corrected chi connectivity index (χ1v) is 9.11. The Labute approximate surface area is 152 Å². The van der Waals surface area contributed by atoms with Gasteiger partial charge in [0.2, 0.25) is 10.8 Å². The largest absolute Gasteiger partial charge is 0.493 e. The molecular formula is C17H16N6O2S. The lowest BCUT2D eigenvalue weighted by Gasteiger charge is -2.07. The maximum Gasteiger partial charge on any atom is 0.235 e. The second kappa shape index (κ2) is 5.80. The first-order valence-electron chi connectivity index (χ1n) is 8.29. The van der Waals surface area contributed by atoms with Gasteiger partial charge in [-0.05, 0) is 37.5 Å². The van der Waals surface area contributed by atoms with E-state index < -0.39 is 0 Å². The lowest BCUT2D eigenvalue weighted by molar-refractivity contribution is 0.355. The highest BCUT2D eigenvalue weighted by molar-refractivity contribution is 7.19. The van der Waals surface area contributed by atoms with E-state index in [1.807, 2.05) is 18.2 Å². The molecule has 1 aromatic carbocycles. The smallest absolute Gasteiger partial charge is 0.235 e. The Morgan fingerprint density at radius 2 is 2.00 bits per heavy atom. The van der Waals surface area contributed by atoms with Gasteiger partial charge in [0, 0.05) is 16.8 Å². The molecule has 0 fully saturated rings. The van der Waals surface area contributed by atoms with E-state index in [0.29, 0.717) is 17.3 Å². The fraction of sp³-hybridized carbons (Fsp3) is 0.294. The highest BCUT2D eigenvalue weighted by atomic mass is 32.1. The summed E-state index contributed by atoms with van der Waals surface area (Å²) in [5, 5.41) is 21.7. The van der Waals surface area contributed by atoms with Crippen molar-refractivity contribution in [2.45, 2.75) is 19.3 Å². The highest BCUT2D eigenvalue weighted by Gasteiger charge is 2.24. The van der Waals surface area contributed by atoms with Crippen molar-refractivity contribution in [3.8, 4) is 33.6 Å². The van der Waals surface area contributed by atoms with Crippen molar-refractivity contribution in [3.05, 3.63) is 29.5 Å². The SMILES string of the molecule is COc1ccc(-c2nn3c(-c4n[nH]c5c4CCC5)nnc3s2)cc1OC. The number of hydrogen-bond donors (Lipinski definition) is 1. The third-order valence-electron chi connectivity index (χ3n) is 4.64. The zero-order valence-corrected chi connectivity index (χ0v) is 15.1. The number of methoxy groups -OCH3 is 2. The van der Waals surface area contributed by atoms with Gasteiger partial charge < -0.3 is 9.47 Å². The van der Waals surface area contributed by atoms with Crippen molar-refractivity contribution in [1.82, 2.24) is 30.0 Å². The molecular weight excluding hydrogens is 352 g/mol. The molecule has 0 amide bonds. The molecule has 4 aromatic rings. The standard InChI is InChI=1S/C17H16N6O2S/c1-24-12-7-6-9(8-13(12)25-2)16-22-23-15(20-21-17(23)26-16)14-10-4-3-5-11(10)18-19-14/h6-8H,3-5H2,1-2H3,(H,18,19). The number of ether oxygens (including phenoxy) is 2. The molecule has 26 heavy (non-hydrogen) atoms. The van der Waals surface area contributed by atoms with Crippen LogP contribution >= 0.6 is 11.3 Å². The summed E-state index contributed by atoms with van der Waals surface area (Å²) < 4.78 is 12.5. The zero-order chi connectivity index (χ0) is 17.7. The monoisotopic (exact) mass is 368 g/mol. The van der Waals surface area contributed by atoms with Crippen LogP contribution in [0, 0.1) is 0 Å². The molecule has 5 rings (SSSR count). The van der Waals surface area contributed by atoms with Crippen LogP contribution in [0.2, 0.25) is 0 Å². The molecule has 0 bridgehead atoms. The van der Waals surface area contributed by atoms with E-state index in [9.17, 15) is 0 Å². The number of aromatic amines is 1. The third-order valence-corrected chi connectivity index (χ3v) is 5.59. The molecule has 1 N–H and O–H groups in total. The first-order chi connectivity index (χ1) is 12.8. The second-order valence-electron chi connectivity index (χ2n) is 6.08. The number of hydrogen-bond acceptors (Lipinski definition) is 7. The summed E-state index contributed by atoms with van der Waals surface area (Å²) in [6, 6.07) is 5.74. The molecule has 3 heterocycles. The summed E-state index contributed by atoms with van der Waals surface area (Å²) in [6.07, 6.45) is 3.20. The van der Waals surface area contributed by atoms with Crippen LogP contribution in [0.4, 0.5) is 0 Å². The van der Waals surface area contributed by atoms with Gasteiger partial charge in [-0.1, -0.05) is 11.3 Å². The predicted molar refractivity (Wildman–Crippen MR) is 96.8 cm³/mol. The Morgan fingerprint density at radius 1 is 1.12 bits per heavy atom. The Hall–Kier alpha value is -2.94. The number of fused-ring (bicyclic) bond motifs is 2. The van der Waals surface area contributed by atoms with Crippen molar-refractivity contribution in [2.24, 2.45) is 0 Å². The highest BCUT2D eigenvalue weighted by Crippen LogP contribution is 2.35. The molecule has 3 aromatic heterocycles. The van der Waals surface area contributed by atoms with Gasteiger partial charge in [-0.2, -0.15) is 14.7 Å². The van der Waals surface area contributed by atoms with Crippen LogP contribution in [0.3, 0.4) is 0 Å². The first kappa shape index (κ1) is 15.3. The van der Waals surface area contributed by atoms with Gasteiger partial charge >= 0.3 is 0 Å². The Balaban J connectivity index is 1.60. The minimum Gasteiger partial charge on any atom is -0.493 e. The van der Waals surface area contributed by atoms with E-state index in [1.54, 1.807) is 18.7 Å². The number of aryl methyl sites for hydroxylation is 1. The fourth-order valence-corrected chi connectivity index (χ4v) is 4.19. The van der Waals surface area contributed by atoms with Crippen LogP contribution in [0.15, 0.2) is 18.2 Å². The van der Waals surface area contributed by atoms with Gasteiger partial charge in [-0.25, -0.2) is 0 Å². The van der Waals surface area contributed by atoms with Crippen molar-refractivity contribution < 1.29 is 9.47 Å². The molecule has 1 aliphatic rings. The summed E-state index contributed by atoms with van der Waals surface area (Å²) in [5.41, 5.74) is 4.23. The molecule has 0 saturated heterocycles. The van der Waals surface area contributed by atoms with Gasteiger partial charge in [0.1, 0.15) is 10.7 Å². The van der Waals surface area contributed by atoms with E-state index in [-0.39, 0.29) is 0 Å². The van der Waals surface area contributed by atoms with E-state index in [4.69, 9.17) is 14.6 Å². The van der Waals surface area contributed by atoms with E-state index in [2.05, 4.69) is 20.4 Å². The van der Waals surface area contributed by atoms with Crippen molar-refractivity contribution >= 4 is 16.3 Å². The topological polar surface area (TPSA) is 90.2 Å². The molecule has 0 spiro atoms. The Bertz CT molecular complexity index is 1110. The van der Waals surface area contributed by atoms with Gasteiger partial charge in [0.25, 0.3) is 0 Å². The van der Waals surface area contributed by atoms with Crippen LogP contribution in [0.25, 0.3) is 27.1 Å². The maximum absolute atomic E-state index is 5.39. The van der Waals surface area contributed by atoms with Crippen LogP contribution in [0.1, 0.15) is 17.7 Å². The number of nitrogens with one attached hydrogen (secondary N) is 1. The second-order valence-corrected chi connectivity index (χ2v) is 7.03. The van der Waals surface area contributed by atoms with Crippen molar-refractivity contribution in [3.63, 3.8) is 0 Å². The number of aromatic nitrogens is 6. The van der Waals surface area contributed by atoms with Crippen LogP contribution < -0.4 is 9.47 Å². The molecule has 1 aliphatic carbocycles. The van der Waals surface area contributed by atoms with Crippen LogP contribution in [-0.4, -0.2) is 44.2 Å². The van der Waals surface area contributed by atoms with Crippen LogP contribution in [0.5, 0.6) is 11.5 Å². The molecule has 0 atom stereocenters. The fourth-order valence-electron chi connectivity index (χ4n) is 3.35. The molecule has 0 saturated carbocycles. The minimum atomic E-state index is 0.668. The molecule has 0 unspecified atom stereocenters. The van der Waals surface area contributed by atoms with Crippen molar-refractivity contribution in [2.75, 3.05) is 14.2 Å². The Kier molecular flexibility index (Phi) is 3.42. The Morgan fingerprint density at radius 3 is 2.85 bits per heavy atom. The maximum atomic E-state index is 5.39. The van der Waals surface area contributed by atoms with Crippen LogP contribution in [-0.2, 0) is 12.8 Å². The summed E-state index contributed by atoms with van der Waals surface area (Å²) in [7, 11) is 3.24. The molecule has 9 heteroatoms. The normalized spacial score (nSPS) is 13.3. The zero-order valence-electron chi connectivity index (χ0n) is 14.3. The average Bonchev–Trinajstić information content (AvgIpc) is 3.41. The number of rotatable bonds is 4. The lowest BCUT2D eigenvalue weighted by Crippen LogP contribution is -1.94. The molecule has 0 radical (unpaired) electrons. The summed E-state index contributed by atoms with van der Waals surface area (Å²) in [5.74, 6) is 2.04. The lowest BCUT2D eigenvalue weighted by atomic mass is 10.2.